The number of tetrazole rings is 1. The van der Waals surface area contributed by atoms with E-state index in [0.29, 0.717) is 17.9 Å². The molecular formula is C14H14N6O2. The molecule has 0 amide bonds. The number of aryl methyl sites for hydroxylation is 1. The number of carbonyl (C=O) groups excluding carboxylic acids is 1. The highest BCUT2D eigenvalue weighted by Crippen LogP contribution is 2.19. The number of nitrogens with one attached hydrogen (secondary N) is 2. The van der Waals surface area contributed by atoms with E-state index in [-0.39, 0.29) is 11.4 Å². The second-order valence-electron chi connectivity index (χ2n) is 4.30. The van der Waals surface area contributed by atoms with Gasteiger partial charge in [0, 0.05) is 11.9 Å². The van der Waals surface area contributed by atoms with Gasteiger partial charge in [-0.2, -0.15) is 10.5 Å². The number of H-pyrrole nitrogens is 1. The normalized spacial score (nSPS) is 10.9. The van der Waals surface area contributed by atoms with Gasteiger partial charge < -0.3 is 10.1 Å². The quantitative estimate of drug-likeness (QED) is 0.636. The summed E-state index contributed by atoms with van der Waals surface area (Å²) in [5, 5.41) is 25.2. The Kier molecular flexibility index (Phi) is 4.82. The van der Waals surface area contributed by atoms with Crippen LogP contribution in [0.2, 0.25) is 0 Å². The minimum Gasteiger partial charge on any atom is -0.462 e. The number of allylic oxidation sites excluding steroid dienone is 1. The minimum atomic E-state index is -0.395. The molecule has 0 bridgehead atoms. The zero-order valence-electron chi connectivity index (χ0n) is 12.1. The molecule has 0 aliphatic heterocycles. The van der Waals surface area contributed by atoms with Crippen LogP contribution < -0.4 is 5.32 Å². The Balaban J connectivity index is 2.24. The van der Waals surface area contributed by atoms with Crippen LogP contribution in [0, 0.1) is 18.3 Å². The third-order valence-electron chi connectivity index (χ3n) is 2.83. The van der Waals surface area contributed by atoms with Crippen molar-refractivity contribution in [1.29, 1.82) is 5.26 Å². The summed E-state index contributed by atoms with van der Waals surface area (Å²) in [6, 6.07) is 7.12. The summed E-state index contributed by atoms with van der Waals surface area (Å²) < 4.78 is 4.96. The van der Waals surface area contributed by atoms with Crippen molar-refractivity contribution in [3.8, 4) is 6.07 Å². The third kappa shape index (κ3) is 3.46. The fraction of sp³-hybridized carbons (Fsp3) is 0.214. The van der Waals surface area contributed by atoms with Gasteiger partial charge in [-0.25, -0.2) is 4.79 Å². The monoisotopic (exact) mass is 298 g/mol. The lowest BCUT2D eigenvalue weighted by Crippen LogP contribution is -2.05. The Bertz CT molecular complexity index is 730. The lowest BCUT2D eigenvalue weighted by molar-refractivity contribution is 0.0526. The van der Waals surface area contributed by atoms with Gasteiger partial charge in [-0.15, -0.1) is 10.2 Å². The van der Waals surface area contributed by atoms with Crippen molar-refractivity contribution >= 4 is 17.2 Å². The van der Waals surface area contributed by atoms with E-state index in [1.807, 2.05) is 13.0 Å². The maximum atomic E-state index is 11.7. The first-order valence-electron chi connectivity index (χ1n) is 6.54. The van der Waals surface area contributed by atoms with Crippen LogP contribution in [0.4, 0.5) is 5.69 Å². The zero-order chi connectivity index (χ0) is 15.9. The summed E-state index contributed by atoms with van der Waals surface area (Å²) in [7, 11) is 0. The average molecular weight is 298 g/mol. The molecule has 0 fully saturated rings. The molecular weight excluding hydrogens is 284 g/mol. The van der Waals surface area contributed by atoms with Crippen LogP contribution in [-0.2, 0) is 4.74 Å². The summed E-state index contributed by atoms with van der Waals surface area (Å²) in [5.74, 6) is -0.206. The first-order chi connectivity index (χ1) is 10.7. The molecule has 0 saturated heterocycles. The van der Waals surface area contributed by atoms with Gasteiger partial charge in [0.1, 0.15) is 11.6 Å². The summed E-state index contributed by atoms with van der Waals surface area (Å²) in [6.45, 7) is 3.94. The number of benzene rings is 1. The molecule has 0 spiro atoms. The maximum Gasteiger partial charge on any atom is 0.338 e. The van der Waals surface area contributed by atoms with Gasteiger partial charge in [0.2, 0.25) is 5.82 Å². The molecule has 2 N–H and O–H groups in total. The molecule has 0 atom stereocenters. The molecule has 112 valence electrons. The standard InChI is InChI=1S/C14H14N6O2/c1-3-22-14(21)10-5-4-9(2)12(6-10)16-8-11(7-15)13-17-19-20-18-13/h4-6,8,16H,3H2,1-2H3,(H,17,18,19,20). The second-order valence-corrected chi connectivity index (χ2v) is 4.30. The van der Waals surface area contributed by atoms with Gasteiger partial charge in [-0.05, 0) is 36.8 Å². The number of hydrogen-bond donors (Lipinski definition) is 2. The van der Waals surface area contributed by atoms with E-state index in [2.05, 4.69) is 25.9 Å². The van der Waals surface area contributed by atoms with Crippen molar-refractivity contribution < 1.29 is 9.53 Å². The maximum absolute atomic E-state index is 11.7. The van der Waals surface area contributed by atoms with Crippen molar-refractivity contribution in [2.24, 2.45) is 0 Å². The number of aromatic nitrogens is 4. The van der Waals surface area contributed by atoms with E-state index in [9.17, 15) is 4.79 Å². The summed E-state index contributed by atoms with van der Waals surface area (Å²) in [6.07, 6.45) is 1.46. The molecule has 0 unspecified atom stereocenters. The highest BCUT2D eigenvalue weighted by molar-refractivity contribution is 5.91. The van der Waals surface area contributed by atoms with E-state index < -0.39 is 5.97 Å². The SMILES string of the molecule is CCOC(=O)c1ccc(C)c(NC=C(C#N)c2nn[nH]n2)c1. The number of hydrogen-bond acceptors (Lipinski definition) is 7. The van der Waals surface area contributed by atoms with Gasteiger partial charge in [-0.1, -0.05) is 6.07 Å². The third-order valence-corrected chi connectivity index (χ3v) is 2.83. The number of ether oxygens (including phenoxy) is 1. The predicted molar refractivity (Wildman–Crippen MR) is 78.5 cm³/mol. The van der Waals surface area contributed by atoms with Gasteiger partial charge in [-0.3, -0.25) is 0 Å². The second kappa shape index (κ2) is 6.99. The summed E-state index contributed by atoms with van der Waals surface area (Å²) in [4.78, 5) is 11.7. The summed E-state index contributed by atoms with van der Waals surface area (Å²) >= 11 is 0. The number of rotatable bonds is 5. The van der Waals surface area contributed by atoms with Crippen LogP contribution in [0.25, 0.3) is 5.57 Å². The van der Waals surface area contributed by atoms with Crippen molar-refractivity contribution in [3.63, 3.8) is 0 Å². The number of carbonyl (C=O) groups is 1. The van der Waals surface area contributed by atoms with Gasteiger partial charge in [0.05, 0.1) is 12.2 Å². The minimum absolute atomic E-state index is 0.189. The Hall–Kier alpha value is -3.21. The van der Waals surface area contributed by atoms with E-state index in [1.165, 1.54) is 6.20 Å². The molecule has 2 aromatic rings. The molecule has 0 saturated carbocycles. The molecule has 0 aliphatic rings. The summed E-state index contributed by atoms with van der Waals surface area (Å²) in [5.41, 5.74) is 2.24. The van der Waals surface area contributed by atoms with Crippen molar-refractivity contribution in [1.82, 2.24) is 20.6 Å². The van der Waals surface area contributed by atoms with Crippen LogP contribution in [0.15, 0.2) is 24.4 Å². The van der Waals surface area contributed by atoms with Crippen LogP contribution in [0.5, 0.6) is 0 Å². The first-order valence-corrected chi connectivity index (χ1v) is 6.54. The first kappa shape index (κ1) is 15.2. The van der Waals surface area contributed by atoms with E-state index in [0.717, 1.165) is 5.56 Å². The molecule has 1 heterocycles. The molecule has 2 rings (SSSR count). The van der Waals surface area contributed by atoms with Crippen LogP contribution >= 0.6 is 0 Å². The highest BCUT2D eigenvalue weighted by Gasteiger charge is 2.09. The molecule has 8 nitrogen and oxygen atoms in total. The number of anilines is 1. The molecule has 22 heavy (non-hydrogen) atoms. The van der Waals surface area contributed by atoms with Crippen molar-refractivity contribution in [2.45, 2.75) is 13.8 Å². The topological polar surface area (TPSA) is 117 Å². The lowest BCUT2D eigenvalue weighted by atomic mass is 10.1. The Morgan fingerprint density at radius 1 is 1.55 bits per heavy atom. The predicted octanol–water partition coefficient (Wildman–Crippen LogP) is 1.66. The van der Waals surface area contributed by atoms with Crippen LogP contribution in [-0.4, -0.2) is 33.2 Å². The molecule has 0 radical (unpaired) electrons. The number of nitrogens with zero attached hydrogens (tertiary/aromatic N) is 4. The van der Waals surface area contributed by atoms with Crippen molar-refractivity contribution in [2.75, 3.05) is 11.9 Å². The number of nitriles is 1. The molecule has 8 heteroatoms. The Labute approximate surface area is 126 Å². The van der Waals surface area contributed by atoms with Crippen LogP contribution in [0.1, 0.15) is 28.7 Å². The largest absolute Gasteiger partial charge is 0.462 e. The lowest BCUT2D eigenvalue weighted by Gasteiger charge is -2.08. The van der Waals surface area contributed by atoms with E-state index in [1.54, 1.807) is 25.1 Å². The smallest absolute Gasteiger partial charge is 0.338 e. The Morgan fingerprint density at radius 2 is 2.36 bits per heavy atom. The highest BCUT2D eigenvalue weighted by atomic mass is 16.5. The fourth-order valence-corrected chi connectivity index (χ4v) is 1.69. The van der Waals surface area contributed by atoms with Gasteiger partial charge in [0.25, 0.3) is 0 Å². The van der Waals surface area contributed by atoms with E-state index >= 15 is 0 Å². The van der Waals surface area contributed by atoms with Gasteiger partial charge >= 0.3 is 5.97 Å². The number of aromatic amines is 1. The molecule has 1 aromatic heterocycles. The molecule has 1 aromatic carbocycles. The van der Waals surface area contributed by atoms with E-state index in [4.69, 9.17) is 10.00 Å². The zero-order valence-corrected chi connectivity index (χ0v) is 12.1. The average Bonchev–Trinajstić information content (AvgIpc) is 3.04. The number of esters is 1. The Morgan fingerprint density at radius 3 is 3.00 bits per heavy atom. The van der Waals surface area contributed by atoms with Gasteiger partial charge in [0.15, 0.2) is 0 Å². The van der Waals surface area contributed by atoms with Crippen molar-refractivity contribution in [3.05, 3.63) is 41.4 Å². The molecule has 0 aliphatic carbocycles. The van der Waals surface area contributed by atoms with Crippen LogP contribution in [0.3, 0.4) is 0 Å². The fourth-order valence-electron chi connectivity index (χ4n) is 1.69.